The Kier molecular flexibility index (Phi) is 2.42. The number of ether oxygens (including phenoxy) is 2. The Labute approximate surface area is 88.4 Å². The zero-order valence-electron chi connectivity index (χ0n) is 9.15. The SMILES string of the molecule is COC(=O)C12CCC(OC)C1C(C)=NO2. The molecule has 0 aromatic carbocycles. The molecule has 5 nitrogen and oxygen atoms in total. The predicted molar refractivity (Wildman–Crippen MR) is 52.5 cm³/mol. The predicted octanol–water partition coefficient (Wildman–Crippen LogP) is 0.729. The molecule has 1 saturated carbocycles. The smallest absolute Gasteiger partial charge is 0.353 e. The molecule has 1 heterocycles. The van der Waals surface area contributed by atoms with E-state index < -0.39 is 5.60 Å². The van der Waals surface area contributed by atoms with Gasteiger partial charge in [0.2, 0.25) is 5.60 Å². The summed E-state index contributed by atoms with van der Waals surface area (Å²) in [7, 11) is 3.01. The van der Waals surface area contributed by atoms with Crippen molar-refractivity contribution in [1.29, 1.82) is 0 Å². The maximum atomic E-state index is 11.7. The fourth-order valence-corrected chi connectivity index (χ4v) is 2.59. The Morgan fingerprint density at radius 2 is 2.33 bits per heavy atom. The van der Waals surface area contributed by atoms with Gasteiger partial charge in [-0.05, 0) is 13.3 Å². The molecule has 2 aliphatic rings. The molecule has 0 spiro atoms. The van der Waals surface area contributed by atoms with Crippen LogP contribution in [0.3, 0.4) is 0 Å². The molecule has 0 saturated heterocycles. The summed E-state index contributed by atoms with van der Waals surface area (Å²) in [6.07, 6.45) is 1.39. The minimum atomic E-state index is -0.931. The Balaban J connectivity index is 2.31. The van der Waals surface area contributed by atoms with Crippen molar-refractivity contribution in [2.24, 2.45) is 11.1 Å². The molecule has 3 atom stereocenters. The number of rotatable bonds is 2. The topological polar surface area (TPSA) is 57.1 Å². The molecular weight excluding hydrogens is 198 g/mol. The molecule has 5 heteroatoms. The van der Waals surface area contributed by atoms with Gasteiger partial charge < -0.3 is 14.3 Å². The van der Waals surface area contributed by atoms with Gasteiger partial charge in [0.15, 0.2) is 0 Å². The van der Waals surface area contributed by atoms with Gasteiger partial charge in [-0.1, -0.05) is 5.16 Å². The van der Waals surface area contributed by atoms with Crippen LogP contribution >= 0.6 is 0 Å². The van der Waals surface area contributed by atoms with E-state index in [0.717, 1.165) is 12.1 Å². The van der Waals surface area contributed by atoms with E-state index >= 15 is 0 Å². The number of nitrogens with zero attached hydrogens (tertiary/aromatic N) is 1. The molecule has 2 rings (SSSR count). The van der Waals surface area contributed by atoms with Gasteiger partial charge in [-0.15, -0.1) is 0 Å². The Bertz CT molecular complexity index is 315. The van der Waals surface area contributed by atoms with Gasteiger partial charge in [-0.2, -0.15) is 0 Å². The molecule has 1 aliphatic carbocycles. The number of fused-ring (bicyclic) bond motifs is 1. The normalized spacial score (nSPS) is 38.2. The van der Waals surface area contributed by atoms with E-state index in [-0.39, 0.29) is 18.0 Å². The lowest BCUT2D eigenvalue weighted by Crippen LogP contribution is -2.46. The highest BCUT2D eigenvalue weighted by Crippen LogP contribution is 2.45. The van der Waals surface area contributed by atoms with Crippen molar-refractivity contribution in [2.45, 2.75) is 31.5 Å². The van der Waals surface area contributed by atoms with Crippen molar-refractivity contribution in [3.8, 4) is 0 Å². The molecule has 0 radical (unpaired) electrons. The average Bonchev–Trinajstić information content (AvgIpc) is 2.77. The van der Waals surface area contributed by atoms with E-state index in [2.05, 4.69) is 5.16 Å². The second kappa shape index (κ2) is 3.48. The first kappa shape index (κ1) is 10.4. The number of methoxy groups -OCH3 is 2. The molecule has 1 fully saturated rings. The summed E-state index contributed by atoms with van der Waals surface area (Å²) in [4.78, 5) is 17.0. The van der Waals surface area contributed by atoms with Crippen molar-refractivity contribution in [3.05, 3.63) is 0 Å². The fourth-order valence-electron chi connectivity index (χ4n) is 2.59. The van der Waals surface area contributed by atoms with Gasteiger partial charge in [0.1, 0.15) is 0 Å². The lowest BCUT2D eigenvalue weighted by Gasteiger charge is -2.25. The lowest BCUT2D eigenvalue weighted by atomic mass is 9.87. The maximum Gasteiger partial charge on any atom is 0.353 e. The van der Waals surface area contributed by atoms with Crippen molar-refractivity contribution < 1.29 is 19.1 Å². The first-order chi connectivity index (χ1) is 7.15. The highest BCUT2D eigenvalue weighted by atomic mass is 16.7. The van der Waals surface area contributed by atoms with Crippen LogP contribution in [0.4, 0.5) is 0 Å². The Morgan fingerprint density at radius 1 is 1.60 bits per heavy atom. The number of oxime groups is 1. The summed E-state index contributed by atoms with van der Waals surface area (Å²) < 4.78 is 10.1. The molecule has 15 heavy (non-hydrogen) atoms. The fraction of sp³-hybridized carbons (Fsp3) is 0.800. The first-order valence-electron chi connectivity index (χ1n) is 4.99. The van der Waals surface area contributed by atoms with Crippen LogP contribution in [0.1, 0.15) is 19.8 Å². The highest BCUT2D eigenvalue weighted by molar-refractivity contribution is 5.95. The zero-order valence-corrected chi connectivity index (χ0v) is 9.15. The van der Waals surface area contributed by atoms with Crippen LogP contribution in [0.25, 0.3) is 0 Å². The van der Waals surface area contributed by atoms with Gasteiger partial charge in [-0.25, -0.2) is 4.79 Å². The summed E-state index contributed by atoms with van der Waals surface area (Å²) in [6.45, 7) is 1.85. The third-order valence-electron chi connectivity index (χ3n) is 3.31. The van der Waals surface area contributed by atoms with Crippen molar-refractivity contribution in [2.75, 3.05) is 14.2 Å². The largest absolute Gasteiger partial charge is 0.466 e. The van der Waals surface area contributed by atoms with Crippen LogP contribution in [0.2, 0.25) is 0 Å². The molecule has 0 N–H and O–H groups in total. The molecule has 0 amide bonds. The second-order valence-corrected chi connectivity index (χ2v) is 4.00. The van der Waals surface area contributed by atoms with E-state index in [4.69, 9.17) is 14.3 Å². The minimum Gasteiger partial charge on any atom is -0.466 e. The van der Waals surface area contributed by atoms with E-state index in [0.29, 0.717) is 6.42 Å². The first-order valence-corrected chi connectivity index (χ1v) is 4.99. The van der Waals surface area contributed by atoms with Crippen LogP contribution in [0.15, 0.2) is 5.16 Å². The third-order valence-corrected chi connectivity index (χ3v) is 3.31. The van der Waals surface area contributed by atoms with Crippen LogP contribution in [-0.4, -0.2) is 37.6 Å². The standard InChI is InChI=1S/C10H15NO4/c1-6-8-7(13-2)4-5-10(8,15-11-6)9(12)14-3/h7-8H,4-5H2,1-3H3. The molecule has 0 bridgehead atoms. The molecular formula is C10H15NO4. The van der Waals surface area contributed by atoms with E-state index in [1.807, 2.05) is 6.92 Å². The number of carbonyl (C=O) groups is 1. The monoisotopic (exact) mass is 213 g/mol. The maximum absolute atomic E-state index is 11.7. The van der Waals surface area contributed by atoms with Crippen LogP contribution < -0.4 is 0 Å². The van der Waals surface area contributed by atoms with Gasteiger partial charge in [0.25, 0.3) is 0 Å². The van der Waals surface area contributed by atoms with E-state index in [1.54, 1.807) is 7.11 Å². The average molecular weight is 213 g/mol. The third kappa shape index (κ3) is 1.26. The molecule has 0 aromatic rings. The second-order valence-electron chi connectivity index (χ2n) is 4.00. The summed E-state index contributed by atoms with van der Waals surface area (Å²) in [5.41, 5.74) is -0.121. The highest BCUT2D eigenvalue weighted by Gasteiger charge is 2.62. The summed E-state index contributed by atoms with van der Waals surface area (Å²) >= 11 is 0. The van der Waals surface area contributed by atoms with Crippen molar-refractivity contribution in [3.63, 3.8) is 0 Å². The van der Waals surface area contributed by atoms with Gasteiger partial charge in [0.05, 0.1) is 24.8 Å². The van der Waals surface area contributed by atoms with Crippen LogP contribution in [0.5, 0.6) is 0 Å². The van der Waals surface area contributed by atoms with Crippen LogP contribution in [0, 0.1) is 5.92 Å². The minimum absolute atomic E-state index is 0.00431. The van der Waals surface area contributed by atoms with Crippen molar-refractivity contribution in [1.82, 2.24) is 0 Å². The molecule has 0 aromatic heterocycles. The molecule has 1 aliphatic heterocycles. The number of carbonyl (C=O) groups excluding carboxylic acids is 1. The van der Waals surface area contributed by atoms with E-state index in [9.17, 15) is 4.79 Å². The molecule has 84 valence electrons. The Morgan fingerprint density at radius 3 is 2.93 bits per heavy atom. The van der Waals surface area contributed by atoms with Crippen LogP contribution in [-0.2, 0) is 19.1 Å². The zero-order chi connectivity index (χ0) is 11.1. The molecule has 3 unspecified atom stereocenters. The quantitative estimate of drug-likeness (QED) is 0.634. The summed E-state index contributed by atoms with van der Waals surface area (Å²) in [5.74, 6) is -0.456. The lowest BCUT2D eigenvalue weighted by molar-refractivity contribution is -0.170. The summed E-state index contributed by atoms with van der Waals surface area (Å²) in [6, 6.07) is 0. The van der Waals surface area contributed by atoms with Gasteiger partial charge in [-0.3, -0.25) is 0 Å². The summed E-state index contributed by atoms with van der Waals surface area (Å²) in [5, 5.41) is 3.90. The van der Waals surface area contributed by atoms with Gasteiger partial charge in [0, 0.05) is 13.5 Å². The number of esters is 1. The van der Waals surface area contributed by atoms with E-state index in [1.165, 1.54) is 7.11 Å². The van der Waals surface area contributed by atoms with Crippen molar-refractivity contribution >= 4 is 11.7 Å². The van der Waals surface area contributed by atoms with Gasteiger partial charge >= 0.3 is 5.97 Å². The number of hydrogen-bond donors (Lipinski definition) is 0. The Hall–Kier alpha value is -1.10. The number of hydrogen-bond acceptors (Lipinski definition) is 5.